The molecule has 0 aliphatic rings. The average molecular weight is 310 g/mol. The molecule has 2 heterocycles. The fourth-order valence-corrected chi connectivity index (χ4v) is 2.78. The Hall–Kier alpha value is -2.53. The van der Waals surface area contributed by atoms with E-state index >= 15 is 0 Å². The monoisotopic (exact) mass is 310 g/mol. The Morgan fingerprint density at radius 3 is 2.95 bits per heavy atom. The van der Waals surface area contributed by atoms with Crippen LogP contribution < -0.4 is 10.5 Å². The molecule has 11 heteroatoms. The summed E-state index contributed by atoms with van der Waals surface area (Å²) in [5.41, 5.74) is 0.710. The molecule has 0 aliphatic carbocycles. The van der Waals surface area contributed by atoms with Crippen molar-refractivity contribution in [2.75, 3.05) is 0 Å². The summed E-state index contributed by atoms with van der Waals surface area (Å²) in [6.07, 6.45) is 0. The zero-order valence-corrected chi connectivity index (χ0v) is 11.6. The molecule has 0 aliphatic heterocycles. The Morgan fingerprint density at radius 2 is 2.24 bits per heavy atom. The van der Waals surface area contributed by atoms with E-state index < -0.39 is 15.8 Å². The van der Waals surface area contributed by atoms with Crippen molar-refractivity contribution in [2.45, 2.75) is 11.4 Å². The van der Waals surface area contributed by atoms with Crippen LogP contribution in [-0.4, -0.2) is 33.6 Å². The summed E-state index contributed by atoms with van der Waals surface area (Å²) >= 11 is 0. The van der Waals surface area contributed by atoms with Crippen molar-refractivity contribution in [3.63, 3.8) is 0 Å². The molecular weight excluding hydrogens is 300 g/mol. The molecule has 110 valence electrons. The number of oxazole rings is 1. The van der Waals surface area contributed by atoms with Crippen molar-refractivity contribution in [3.05, 3.63) is 34.6 Å². The first-order valence-electron chi connectivity index (χ1n) is 5.79. The van der Waals surface area contributed by atoms with Gasteiger partial charge in [-0.3, -0.25) is 4.57 Å². The van der Waals surface area contributed by atoms with Crippen LogP contribution in [0.2, 0.25) is 0 Å². The van der Waals surface area contributed by atoms with Gasteiger partial charge in [0.25, 0.3) is 0 Å². The Bertz CT molecular complexity index is 940. The predicted molar refractivity (Wildman–Crippen MR) is 69.7 cm³/mol. The van der Waals surface area contributed by atoms with Gasteiger partial charge in [-0.25, -0.2) is 17.9 Å². The van der Waals surface area contributed by atoms with Crippen LogP contribution in [0.15, 0.2) is 32.3 Å². The number of H-pyrrole nitrogens is 1. The zero-order valence-electron chi connectivity index (χ0n) is 10.8. The molecule has 0 atom stereocenters. The van der Waals surface area contributed by atoms with Crippen molar-refractivity contribution in [1.82, 2.24) is 29.9 Å². The van der Waals surface area contributed by atoms with Gasteiger partial charge in [0, 0.05) is 13.1 Å². The van der Waals surface area contributed by atoms with Crippen LogP contribution in [-0.2, 0) is 23.6 Å². The molecular formula is C10H10N6O4S. The first-order chi connectivity index (χ1) is 9.97. The summed E-state index contributed by atoms with van der Waals surface area (Å²) < 4.78 is 32.9. The summed E-state index contributed by atoms with van der Waals surface area (Å²) in [5, 5.41) is 12.8. The highest BCUT2D eigenvalue weighted by molar-refractivity contribution is 7.89. The highest BCUT2D eigenvalue weighted by Gasteiger charge is 2.17. The van der Waals surface area contributed by atoms with Crippen LogP contribution in [0.1, 0.15) is 5.82 Å². The molecule has 3 rings (SSSR count). The number of sulfonamides is 1. The molecule has 0 unspecified atom stereocenters. The van der Waals surface area contributed by atoms with E-state index in [1.165, 1.54) is 29.8 Å². The first-order valence-corrected chi connectivity index (χ1v) is 7.27. The highest BCUT2D eigenvalue weighted by atomic mass is 32.2. The number of aromatic nitrogens is 5. The Balaban J connectivity index is 1.93. The fourth-order valence-electron chi connectivity index (χ4n) is 1.78. The minimum Gasteiger partial charge on any atom is -0.408 e. The fraction of sp³-hybridized carbons (Fsp3) is 0.200. The van der Waals surface area contributed by atoms with Crippen molar-refractivity contribution in [3.8, 4) is 0 Å². The third-order valence-corrected chi connectivity index (χ3v) is 4.28. The summed E-state index contributed by atoms with van der Waals surface area (Å²) in [7, 11) is -2.24. The predicted octanol–water partition coefficient (Wildman–Crippen LogP) is -0.877. The number of hydrogen-bond acceptors (Lipinski definition) is 7. The van der Waals surface area contributed by atoms with E-state index in [2.05, 4.69) is 25.3 Å². The number of rotatable bonds is 4. The van der Waals surface area contributed by atoms with Crippen molar-refractivity contribution in [1.29, 1.82) is 0 Å². The van der Waals surface area contributed by atoms with Crippen LogP contribution >= 0.6 is 0 Å². The number of aromatic amines is 1. The summed E-state index contributed by atoms with van der Waals surface area (Å²) in [4.78, 5) is 11.4. The third-order valence-electron chi connectivity index (χ3n) is 2.88. The molecule has 2 N–H and O–H groups in total. The maximum absolute atomic E-state index is 12.1. The lowest BCUT2D eigenvalue weighted by molar-refractivity contribution is 0.527. The average Bonchev–Trinajstić information content (AvgIpc) is 3.06. The Labute approximate surface area is 117 Å². The van der Waals surface area contributed by atoms with E-state index in [9.17, 15) is 13.2 Å². The number of nitrogens with zero attached hydrogens (tertiary/aromatic N) is 4. The van der Waals surface area contributed by atoms with Gasteiger partial charge in [0.1, 0.15) is 0 Å². The van der Waals surface area contributed by atoms with E-state index in [1.54, 1.807) is 0 Å². The van der Waals surface area contributed by atoms with E-state index in [0.717, 1.165) is 0 Å². The van der Waals surface area contributed by atoms with Gasteiger partial charge in [-0.05, 0) is 12.1 Å². The Morgan fingerprint density at radius 1 is 1.43 bits per heavy atom. The lowest BCUT2D eigenvalue weighted by Gasteiger charge is -2.04. The van der Waals surface area contributed by atoms with Gasteiger partial charge in [-0.2, -0.15) is 5.21 Å². The standard InChI is InChI=1S/C10H10N6O4S/c1-16-7-3-2-6(4-8(7)20-10(16)17)21(18,19)11-5-9-12-14-15-13-9/h2-4,11H,5H2,1H3,(H,12,13,14,15). The molecule has 0 amide bonds. The smallest absolute Gasteiger partial charge is 0.408 e. The summed E-state index contributed by atoms with van der Waals surface area (Å²) in [6, 6.07) is 4.17. The van der Waals surface area contributed by atoms with Crippen LogP contribution in [0.3, 0.4) is 0 Å². The molecule has 0 saturated heterocycles. The van der Waals surface area contributed by atoms with Crippen LogP contribution in [0.5, 0.6) is 0 Å². The van der Waals surface area contributed by atoms with E-state index in [1.807, 2.05) is 0 Å². The molecule has 0 fully saturated rings. The quantitative estimate of drug-likeness (QED) is 0.638. The van der Waals surface area contributed by atoms with Gasteiger partial charge in [0.2, 0.25) is 10.0 Å². The van der Waals surface area contributed by atoms with Gasteiger partial charge in [-0.1, -0.05) is 5.21 Å². The number of fused-ring (bicyclic) bond motifs is 1. The minimum absolute atomic E-state index is 0.0205. The molecule has 3 aromatic rings. The number of hydrogen-bond donors (Lipinski definition) is 2. The van der Waals surface area contributed by atoms with Gasteiger partial charge >= 0.3 is 5.76 Å². The first kappa shape index (κ1) is 13.5. The normalized spacial score (nSPS) is 12.0. The second kappa shape index (κ2) is 4.79. The molecule has 1 aromatic carbocycles. The van der Waals surface area contributed by atoms with Crippen LogP contribution in [0.4, 0.5) is 0 Å². The lowest BCUT2D eigenvalue weighted by atomic mass is 10.3. The molecule has 0 saturated carbocycles. The second-order valence-corrected chi connectivity index (χ2v) is 5.98. The van der Waals surface area contributed by atoms with Gasteiger partial charge in [0.15, 0.2) is 11.4 Å². The molecule has 0 radical (unpaired) electrons. The molecule has 0 spiro atoms. The maximum Gasteiger partial charge on any atom is 0.419 e. The van der Waals surface area contributed by atoms with Gasteiger partial charge in [0.05, 0.1) is 17.0 Å². The summed E-state index contributed by atoms with van der Waals surface area (Å²) in [6.45, 7) is -0.102. The molecule has 0 bridgehead atoms. The number of tetrazole rings is 1. The topological polar surface area (TPSA) is 136 Å². The van der Waals surface area contributed by atoms with Gasteiger partial charge < -0.3 is 4.42 Å². The third kappa shape index (κ3) is 2.43. The van der Waals surface area contributed by atoms with Crippen LogP contribution in [0.25, 0.3) is 11.1 Å². The number of benzene rings is 1. The minimum atomic E-state index is -3.77. The van der Waals surface area contributed by atoms with Gasteiger partial charge in [-0.15, -0.1) is 10.2 Å². The molecule has 2 aromatic heterocycles. The molecule has 21 heavy (non-hydrogen) atoms. The number of nitrogens with one attached hydrogen (secondary N) is 2. The SMILES string of the molecule is Cn1c(=O)oc2cc(S(=O)(=O)NCc3nn[nH]n3)ccc21. The second-order valence-electron chi connectivity index (χ2n) is 4.21. The van der Waals surface area contributed by atoms with Crippen molar-refractivity contribution in [2.24, 2.45) is 7.05 Å². The largest absolute Gasteiger partial charge is 0.419 e. The lowest BCUT2D eigenvalue weighted by Crippen LogP contribution is -2.23. The van der Waals surface area contributed by atoms with Crippen LogP contribution in [0, 0.1) is 0 Å². The van der Waals surface area contributed by atoms with E-state index in [0.29, 0.717) is 5.52 Å². The Kier molecular flexibility index (Phi) is 3.07. The molecule has 10 nitrogen and oxygen atoms in total. The van der Waals surface area contributed by atoms with Crippen molar-refractivity contribution < 1.29 is 12.8 Å². The van der Waals surface area contributed by atoms with E-state index in [-0.39, 0.29) is 22.8 Å². The number of aryl methyl sites for hydroxylation is 1. The zero-order chi connectivity index (χ0) is 15.0. The highest BCUT2D eigenvalue weighted by Crippen LogP contribution is 2.17. The van der Waals surface area contributed by atoms with E-state index in [4.69, 9.17) is 4.42 Å². The summed E-state index contributed by atoms with van der Waals surface area (Å²) in [5.74, 6) is -0.342. The maximum atomic E-state index is 12.1. The van der Waals surface area contributed by atoms with Crippen molar-refractivity contribution >= 4 is 21.1 Å².